The molecule has 0 bridgehead atoms. The molecule has 0 amide bonds. The molecular formula is C15H24O2. The number of aliphatic hydroxyl groups is 1. The summed E-state index contributed by atoms with van der Waals surface area (Å²) >= 11 is 0. The summed E-state index contributed by atoms with van der Waals surface area (Å²) in [6.45, 7) is 12.6. The summed E-state index contributed by atoms with van der Waals surface area (Å²) in [5, 5.41) is 9.95. The van der Waals surface area contributed by atoms with E-state index in [9.17, 15) is 5.11 Å². The van der Waals surface area contributed by atoms with Gasteiger partial charge in [-0.2, -0.15) is 0 Å². The van der Waals surface area contributed by atoms with E-state index in [1.54, 1.807) is 0 Å². The fourth-order valence-corrected chi connectivity index (χ4v) is 1.57. The van der Waals surface area contributed by atoms with E-state index in [0.29, 0.717) is 6.61 Å². The largest absolute Gasteiger partial charge is 0.491 e. The van der Waals surface area contributed by atoms with Gasteiger partial charge in [0.05, 0.1) is 6.10 Å². The lowest BCUT2D eigenvalue weighted by Crippen LogP contribution is -2.32. The summed E-state index contributed by atoms with van der Waals surface area (Å²) in [6.07, 6.45) is -0.456. The van der Waals surface area contributed by atoms with Crippen molar-refractivity contribution in [2.24, 2.45) is 5.41 Å². The van der Waals surface area contributed by atoms with Crippen LogP contribution in [0.4, 0.5) is 0 Å². The Hall–Kier alpha value is -1.02. The Morgan fingerprint density at radius 3 is 2.29 bits per heavy atom. The number of benzene rings is 1. The molecule has 0 saturated carbocycles. The molecule has 1 atom stereocenters. The Morgan fingerprint density at radius 1 is 1.18 bits per heavy atom. The monoisotopic (exact) mass is 236 g/mol. The minimum atomic E-state index is -0.456. The highest BCUT2D eigenvalue weighted by Gasteiger charge is 2.22. The third-order valence-corrected chi connectivity index (χ3v) is 3.16. The fraction of sp³-hybridized carbons (Fsp3) is 0.600. The first-order valence-electron chi connectivity index (χ1n) is 6.10. The van der Waals surface area contributed by atoms with Gasteiger partial charge >= 0.3 is 0 Å². The number of aryl methyl sites for hydroxylation is 2. The quantitative estimate of drug-likeness (QED) is 0.871. The van der Waals surface area contributed by atoms with Crippen LogP contribution in [0.25, 0.3) is 0 Å². The third-order valence-electron chi connectivity index (χ3n) is 3.16. The van der Waals surface area contributed by atoms with Gasteiger partial charge in [-0.05, 0) is 48.9 Å². The molecule has 0 aliphatic heterocycles. The molecule has 1 unspecified atom stereocenters. The summed E-state index contributed by atoms with van der Waals surface area (Å²) in [4.78, 5) is 0. The number of aliphatic hydroxyl groups excluding tert-OH is 1. The molecule has 0 aliphatic carbocycles. The molecule has 96 valence electrons. The lowest BCUT2D eigenvalue weighted by Gasteiger charge is -2.26. The van der Waals surface area contributed by atoms with Crippen molar-refractivity contribution in [1.29, 1.82) is 0 Å². The maximum absolute atomic E-state index is 9.95. The second kappa shape index (κ2) is 5.09. The summed E-state index contributed by atoms with van der Waals surface area (Å²) < 4.78 is 5.74. The van der Waals surface area contributed by atoms with E-state index in [0.717, 1.165) is 11.3 Å². The fourth-order valence-electron chi connectivity index (χ4n) is 1.57. The zero-order valence-electron chi connectivity index (χ0n) is 11.8. The number of rotatable bonds is 3. The van der Waals surface area contributed by atoms with E-state index < -0.39 is 6.10 Å². The van der Waals surface area contributed by atoms with Gasteiger partial charge in [-0.25, -0.2) is 0 Å². The Labute approximate surface area is 105 Å². The topological polar surface area (TPSA) is 29.5 Å². The molecule has 1 aromatic carbocycles. The van der Waals surface area contributed by atoms with Gasteiger partial charge in [0.2, 0.25) is 0 Å². The van der Waals surface area contributed by atoms with Crippen molar-refractivity contribution in [3.63, 3.8) is 0 Å². The van der Waals surface area contributed by atoms with Crippen LogP contribution in [0.1, 0.15) is 37.5 Å². The van der Waals surface area contributed by atoms with Crippen LogP contribution in [-0.2, 0) is 0 Å². The number of hydrogen-bond acceptors (Lipinski definition) is 2. The second-order valence-electron chi connectivity index (χ2n) is 5.90. The van der Waals surface area contributed by atoms with Crippen molar-refractivity contribution < 1.29 is 9.84 Å². The molecule has 0 heterocycles. The van der Waals surface area contributed by atoms with Crippen LogP contribution in [0.5, 0.6) is 5.75 Å². The van der Waals surface area contributed by atoms with Gasteiger partial charge < -0.3 is 9.84 Å². The predicted octanol–water partition coefficient (Wildman–Crippen LogP) is 3.40. The molecule has 1 rings (SSSR count). The summed E-state index contributed by atoms with van der Waals surface area (Å²) in [6, 6.07) is 4.17. The zero-order valence-corrected chi connectivity index (χ0v) is 11.8. The molecule has 2 nitrogen and oxygen atoms in total. The van der Waals surface area contributed by atoms with Crippen LogP contribution in [0.2, 0.25) is 0 Å². The average molecular weight is 236 g/mol. The molecule has 0 saturated heterocycles. The van der Waals surface area contributed by atoms with E-state index >= 15 is 0 Å². The minimum Gasteiger partial charge on any atom is -0.491 e. The molecule has 0 aromatic heterocycles. The molecule has 0 spiro atoms. The molecular weight excluding hydrogens is 212 g/mol. The van der Waals surface area contributed by atoms with Gasteiger partial charge in [0.25, 0.3) is 0 Å². The van der Waals surface area contributed by atoms with Crippen molar-refractivity contribution in [1.82, 2.24) is 0 Å². The number of hydrogen-bond donors (Lipinski definition) is 1. The normalized spacial score (nSPS) is 13.6. The highest BCUT2D eigenvalue weighted by atomic mass is 16.5. The van der Waals surface area contributed by atoms with E-state index in [4.69, 9.17) is 4.74 Å². The first-order chi connectivity index (χ1) is 7.71. The van der Waals surface area contributed by atoms with Crippen molar-refractivity contribution in [2.45, 2.75) is 47.6 Å². The van der Waals surface area contributed by atoms with Crippen LogP contribution >= 0.6 is 0 Å². The van der Waals surface area contributed by atoms with Crippen LogP contribution in [0.15, 0.2) is 12.1 Å². The van der Waals surface area contributed by atoms with Crippen LogP contribution in [-0.4, -0.2) is 17.8 Å². The van der Waals surface area contributed by atoms with Gasteiger partial charge in [0.1, 0.15) is 12.4 Å². The molecule has 0 aliphatic rings. The predicted molar refractivity (Wildman–Crippen MR) is 71.6 cm³/mol. The van der Waals surface area contributed by atoms with Crippen LogP contribution in [0, 0.1) is 26.2 Å². The molecule has 1 N–H and O–H groups in total. The average Bonchev–Trinajstić information content (AvgIpc) is 2.19. The number of ether oxygens (including phenoxy) is 1. The SMILES string of the molecule is Cc1cc(C)c(C)c(OCC(O)C(C)(C)C)c1. The van der Waals surface area contributed by atoms with Crippen LogP contribution in [0.3, 0.4) is 0 Å². The smallest absolute Gasteiger partial charge is 0.122 e. The Kier molecular flexibility index (Phi) is 4.21. The summed E-state index contributed by atoms with van der Waals surface area (Å²) in [5.41, 5.74) is 3.42. The van der Waals surface area contributed by atoms with E-state index in [1.807, 2.05) is 33.8 Å². The third kappa shape index (κ3) is 3.74. The highest BCUT2D eigenvalue weighted by Crippen LogP contribution is 2.25. The van der Waals surface area contributed by atoms with Crippen molar-refractivity contribution in [3.8, 4) is 5.75 Å². The van der Waals surface area contributed by atoms with E-state index in [1.165, 1.54) is 11.1 Å². The maximum Gasteiger partial charge on any atom is 0.122 e. The molecule has 0 fully saturated rings. The van der Waals surface area contributed by atoms with Gasteiger partial charge in [0.15, 0.2) is 0 Å². The van der Waals surface area contributed by atoms with Crippen molar-refractivity contribution in [3.05, 3.63) is 28.8 Å². The van der Waals surface area contributed by atoms with Crippen molar-refractivity contribution in [2.75, 3.05) is 6.61 Å². The maximum atomic E-state index is 9.95. The van der Waals surface area contributed by atoms with Gasteiger partial charge in [-0.15, -0.1) is 0 Å². The lowest BCUT2D eigenvalue weighted by atomic mass is 9.90. The zero-order chi connectivity index (χ0) is 13.2. The molecule has 1 aromatic rings. The molecule has 17 heavy (non-hydrogen) atoms. The first-order valence-corrected chi connectivity index (χ1v) is 6.10. The lowest BCUT2D eigenvalue weighted by molar-refractivity contribution is 0.0216. The summed E-state index contributed by atoms with van der Waals surface area (Å²) in [5.74, 6) is 0.880. The standard InChI is InChI=1S/C15H24O2/c1-10-7-11(2)12(3)13(8-10)17-9-14(16)15(4,5)6/h7-8,14,16H,9H2,1-6H3. The molecule has 0 radical (unpaired) electrons. The first kappa shape index (κ1) is 14.0. The van der Waals surface area contributed by atoms with Gasteiger partial charge in [0, 0.05) is 0 Å². The highest BCUT2D eigenvalue weighted by molar-refractivity contribution is 5.41. The van der Waals surface area contributed by atoms with Crippen LogP contribution < -0.4 is 4.74 Å². The Bertz CT molecular complexity index is 389. The Balaban J connectivity index is 2.76. The van der Waals surface area contributed by atoms with Gasteiger partial charge in [-0.1, -0.05) is 26.8 Å². The minimum absolute atomic E-state index is 0.146. The summed E-state index contributed by atoms with van der Waals surface area (Å²) in [7, 11) is 0. The van der Waals surface area contributed by atoms with E-state index in [2.05, 4.69) is 19.9 Å². The second-order valence-corrected chi connectivity index (χ2v) is 5.90. The van der Waals surface area contributed by atoms with E-state index in [-0.39, 0.29) is 5.41 Å². The molecule has 2 heteroatoms. The van der Waals surface area contributed by atoms with Gasteiger partial charge in [-0.3, -0.25) is 0 Å². The van der Waals surface area contributed by atoms with Crippen molar-refractivity contribution >= 4 is 0 Å². The Morgan fingerprint density at radius 2 is 1.76 bits per heavy atom.